The van der Waals surface area contributed by atoms with E-state index in [4.69, 9.17) is 10.7 Å². The molecule has 3 N–H and O–H groups in total. The first-order valence-electron chi connectivity index (χ1n) is 9.89. The van der Waals surface area contributed by atoms with Gasteiger partial charge in [-0.3, -0.25) is 9.69 Å². The lowest BCUT2D eigenvalue weighted by atomic mass is 9.95. The topological polar surface area (TPSA) is 79.5 Å². The normalized spacial score (nSPS) is 19.1. The molecule has 0 aliphatic carbocycles. The molecule has 1 aliphatic rings. The molecule has 2 heterocycles. The number of thiazole rings is 1. The zero-order chi connectivity index (χ0) is 21.6. The Morgan fingerprint density at radius 3 is 2.57 bits per heavy atom. The zero-order valence-corrected chi connectivity index (χ0v) is 19.1. The van der Waals surface area contributed by atoms with Crippen LogP contribution in [0, 0.1) is 6.92 Å². The van der Waals surface area contributed by atoms with Gasteiger partial charge in [-0.25, -0.2) is 4.98 Å². The molecule has 7 heteroatoms. The molecule has 1 amide bonds. The van der Waals surface area contributed by atoms with Gasteiger partial charge in [0.15, 0.2) is 5.13 Å². The van der Waals surface area contributed by atoms with Crippen LogP contribution in [0.1, 0.15) is 48.8 Å². The molecule has 0 bridgehead atoms. The van der Waals surface area contributed by atoms with Crippen molar-refractivity contribution in [2.75, 3.05) is 10.6 Å². The Bertz CT molecular complexity index is 1090. The number of anilines is 2. The molecular formula is C23H25N3O2S2. The van der Waals surface area contributed by atoms with Crippen LogP contribution < -0.4 is 10.6 Å². The van der Waals surface area contributed by atoms with Crippen molar-refractivity contribution in [1.29, 1.82) is 0 Å². The molecule has 0 radical (unpaired) electrons. The van der Waals surface area contributed by atoms with E-state index in [1.165, 1.54) is 11.3 Å². The van der Waals surface area contributed by atoms with E-state index in [9.17, 15) is 9.90 Å². The smallest absolute Gasteiger partial charge is 0.242 e. The molecule has 1 fully saturated rings. The summed E-state index contributed by atoms with van der Waals surface area (Å²) in [5.74, 6) is 0.577. The van der Waals surface area contributed by atoms with Crippen LogP contribution in [0.5, 0.6) is 5.75 Å². The van der Waals surface area contributed by atoms with Crippen molar-refractivity contribution in [3.8, 4) is 17.0 Å². The summed E-state index contributed by atoms with van der Waals surface area (Å²) in [4.78, 5) is 19.6. The largest absolute Gasteiger partial charge is 0.508 e. The van der Waals surface area contributed by atoms with E-state index in [1.807, 2.05) is 49.6 Å². The zero-order valence-electron chi connectivity index (χ0n) is 17.4. The highest BCUT2D eigenvalue weighted by Crippen LogP contribution is 2.47. The average Bonchev–Trinajstić information content (AvgIpc) is 3.27. The van der Waals surface area contributed by atoms with Gasteiger partial charge in [0.1, 0.15) is 11.1 Å². The number of aryl methyl sites for hydroxylation is 1. The third kappa shape index (κ3) is 3.68. The van der Waals surface area contributed by atoms with Crippen LogP contribution in [0.4, 0.5) is 10.8 Å². The van der Waals surface area contributed by atoms with Crippen LogP contribution in [0.3, 0.4) is 0 Å². The first-order chi connectivity index (χ1) is 14.3. The lowest BCUT2D eigenvalue weighted by Crippen LogP contribution is -2.30. The molecule has 1 saturated heterocycles. The molecule has 156 valence electrons. The highest BCUT2D eigenvalue weighted by Gasteiger charge is 2.41. The molecule has 5 nitrogen and oxygen atoms in total. The van der Waals surface area contributed by atoms with Gasteiger partial charge in [-0.05, 0) is 60.7 Å². The number of nitrogens with two attached hydrogens (primary N) is 1. The maximum Gasteiger partial charge on any atom is 0.242 e. The van der Waals surface area contributed by atoms with Crippen LogP contribution in [-0.4, -0.2) is 21.2 Å². The van der Waals surface area contributed by atoms with E-state index in [0.29, 0.717) is 16.6 Å². The molecule has 2 aromatic carbocycles. The quantitative estimate of drug-likeness (QED) is 0.510. The highest BCUT2D eigenvalue weighted by atomic mass is 32.2. The number of hydrogen-bond donors (Lipinski definition) is 2. The molecular weight excluding hydrogens is 414 g/mol. The summed E-state index contributed by atoms with van der Waals surface area (Å²) < 4.78 is 0. The molecule has 0 saturated carbocycles. The second-order valence-corrected chi connectivity index (χ2v) is 10.2. The number of amides is 1. The van der Waals surface area contributed by atoms with E-state index >= 15 is 0 Å². The Kier molecular flexibility index (Phi) is 5.51. The lowest BCUT2D eigenvalue weighted by Gasteiger charge is -2.21. The van der Waals surface area contributed by atoms with Crippen molar-refractivity contribution in [3.63, 3.8) is 0 Å². The average molecular weight is 440 g/mol. The van der Waals surface area contributed by atoms with Gasteiger partial charge in [0.05, 0.1) is 10.9 Å². The van der Waals surface area contributed by atoms with Crippen LogP contribution >= 0.6 is 23.1 Å². The predicted octanol–water partition coefficient (Wildman–Crippen LogP) is 5.70. The number of benzene rings is 2. The fourth-order valence-electron chi connectivity index (χ4n) is 3.65. The first kappa shape index (κ1) is 20.8. The van der Waals surface area contributed by atoms with Crippen LogP contribution in [-0.2, 0) is 4.79 Å². The minimum atomic E-state index is -0.136. The molecule has 0 spiro atoms. The van der Waals surface area contributed by atoms with E-state index in [1.54, 1.807) is 22.7 Å². The van der Waals surface area contributed by atoms with E-state index in [-0.39, 0.29) is 22.4 Å². The first-order valence-corrected chi connectivity index (χ1v) is 11.7. The summed E-state index contributed by atoms with van der Waals surface area (Å²) in [6.45, 7) is 8.01. The van der Waals surface area contributed by atoms with Gasteiger partial charge in [-0.1, -0.05) is 26.0 Å². The summed E-state index contributed by atoms with van der Waals surface area (Å²) in [7, 11) is 0. The predicted molar refractivity (Wildman–Crippen MR) is 126 cm³/mol. The Morgan fingerprint density at radius 2 is 1.90 bits per heavy atom. The molecule has 30 heavy (non-hydrogen) atoms. The van der Waals surface area contributed by atoms with Gasteiger partial charge in [0.25, 0.3) is 0 Å². The highest BCUT2D eigenvalue weighted by molar-refractivity contribution is 8.01. The molecule has 1 aliphatic heterocycles. The Balaban J connectivity index is 1.73. The molecule has 3 aromatic rings. The van der Waals surface area contributed by atoms with Crippen LogP contribution in [0.25, 0.3) is 11.3 Å². The van der Waals surface area contributed by atoms with Crippen molar-refractivity contribution >= 4 is 39.8 Å². The Hall–Kier alpha value is -2.51. The third-order valence-corrected chi connectivity index (χ3v) is 7.53. The van der Waals surface area contributed by atoms with Crippen molar-refractivity contribution in [3.05, 3.63) is 58.5 Å². The summed E-state index contributed by atoms with van der Waals surface area (Å²) in [5.41, 5.74) is 11.2. The molecule has 4 rings (SSSR count). The van der Waals surface area contributed by atoms with Gasteiger partial charge < -0.3 is 10.8 Å². The maximum atomic E-state index is 13.0. The number of phenols is 1. The molecule has 1 aromatic heterocycles. The summed E-state index contributed by atoms with van der Waals surface area (Å²) >= 11 is 3.09. The number of phenolic OH excluding ortho intramolecular Hbond substituents is 1. The van der Waals surface area contributed by atoms with E-state index in [2.05, 4.69) is 13.8 Å². The van der Waals surface area contributed by atoms with Gasteiger partial charge in [0, 0.05) is 16.6 Å². The number of aromatic nitrogens is 1. The standard InChI is InChI=1S/C23H25N3O2S2/c1-12(2)17-10-18(13(3)9-20(17)27)19-11-29-23(25-19)26-21(28)14(4)30-22(26)15-5-7-16(24)8-6-15/h5-12,14,22,27H,24H2,1-4H3. The monoisotopic (exact) mass is 439 g/mol. The molecule has 2 atom stereocenters. The van der Waals surface area contributed by atoms with Gasteiger partial charge in [-0.2, -0.15) is 0 Å². The minimum absolute atomic E-state index is 0.0630. The number of aromatic hydroxyl groups is 1. The second kappa shape index (κ2) is 7.96. The van der Waals surface area contributed by atoms with E-state index < -0.39 is 0 Å². The van der Waals surface area contributed by atoms with Crippen molar-refractivity contribution in [2.45, 2.75) is 44.2 Å². The third-order valence-electron chi connectivity index (χ3n) is 5.34. The number of carbonyl (C=O) groups excluding carboxylic acids is 1. The van der Waals surface area contributed by atoms with Crippen molar-refractivity contribution < 1.29 is 9.90 Å². The second-order valence-electron chi connectivity index (χ2n) is 7.90. The van der Waals surface area contributed by atoms with Crippen molar-refractivity contribution in [2.24, 2.45) is 0 Å². The Morgan fingerprint density at radius 1 is 1.20 bits per heavy atom. The number of hydrogen-bond acceptors (Lipinski definition) is 6. The van der Waals surface area contributed by atoms with E-state index in [0.717, 1.165) is 27.9 Å². The lowest BCUT2D eigenvalue weighted by molar-refractivity contribution is -0.117. The summed E-state index contributed by atoms with van der Waals surface area (Å²) in [6.07, 6.45) is 0. The van der Waals surface area contributed by atoms with Gasteiger partial charge in [-0.15, -0.1) is 23.1 Å². The molecule has 2 unspecified atom stereocenters. The summed E-state index contributed by atoms with van der Waals surface area (Å²) in [5, 5.41) is 12.7. The number of rotatable bonds is 4. The van der Waals surface area contributed by atoms with Crippen LogP contribution in [0.15, 0.2) is 41.8 Å². The number of nitrogen functional groups attached to an aromatic ring is 1. The summed E-state index contributed by atoms with van der Waals surface area (Å²) in [6, 6.07) is 11.5. The minimum Gasteiger partial charge on any atom is -0.508 e. The maximum absolute atomic E-state index is 13.0. The number of carbonyl (C=O) groups is 1. The Labute approximate surface area is 184 Å². The van der Waals surface area contributed by atoms with Gasteiger partial charge >= 0.3 is 0 Å². The number of thioether (sulfide) groups is 1. The fourth-order valence-corrected chi connectivity index (χ4v) is 5.83. The number of nitrogens with zero attached hydrogens (tertiary/aromatic N) is 2. The van der Waals surface area contributed by atoms with Crippen LogP contribution in [0.2, 0.25) is 0 Å². The van der Waals surface area contributed by atoms with Crippen molar-refractivity contribution in [1.82, 2.24) is 4.98 Å². The SMILES string of the molecule is Cc1cc(O)c(C(C)C)cc1-c1csc(N2C(=O)C(C)SC2c2ccc(N)cc2)n1. The van der Waals surface area contributed by atoms with Gasteiger partial charge in [0.2, 0.25) is 5.91 Å². The fraction of sp³-hybridized carbons (Fsp3) is 0.304.